The van der Waals surface area contributed by atoms with Crippen molar-refractivity contribution in [1.82, 2.24) is 15.0 Å². The average molecular weight is 434 g/mol. The molecule has 1 aliphatic heterocycles. The zero-order valence-corrected chi connectivity index (χ0v) is 17.9. The van der Waals surface area contributed by atoms with Crippen LogP contribution in [0.5, 0.6) is 0 Å². The maximum absolute atomic E-state index is 13.2. The van der Waals surface area contributed by atoms with E-state index in [1.54, 1.807) is 18.6 Å². The van der Waals surface area contributed by atoms with Gasteiger partial charge in [-0.1, -0.05) is 37.3 Å². The molecule has 8 nitrogen and oxygen atoms in total. The summed E-state index contributed by atoms with van der Waals surface area (Å²) < 4.78 is 6.11. The van der Waals surface area contributed by atoms with Gasteiger partial charge in [-0.25, -0.2) is 9.97 Å². The van der Waals surface area contributed by atoms with Crippen LogP contribution in [-0.4, -0.2) is 44.1 Å². The van der Waals surface area contributed by atoms with E-state index in [1.807, 2.05) is 43.3 Å². The minimum atomic E-state index is -0.709. The van der Waals surface area contributed by atoms with E-state index >= 15 is 0 Å². The molecule has 1 fully saturated rings. The highest BCUT2D eigenvalue weighted by Gasteiger charge is 2.36. The lowest BCUT2D eigenvalue weighted by atomic mass is 9.89. The van der Waals surface area contributed by atoms with Gasteiger partial charge in [-0.2, -0.15) is 0 Å². The summed E-state index contributed by atoms with van der Waals surface area (Å²) in [5.74, 6) is -0.167. The monoisotopic (exact) mass is 433 g/mol. The number of rotatable bonds is 6. The third kappa shape index (κ3) is 4.52. The molecule has 0 aliphatic carbocycles. The number of aliphatic hydroxyl groups is 1. The number of aliphatic hydroxyl groups excluding tert-OH is 1. The van der Waals surface area contributed by atoms with E-state index < -0.39 is 12.1 Å². The second-order valence-corrected chi connectivity index (χ2v) is 7.99. The van der Waals surface area contributed by atoms with Crippen LogP contribution in [0, 0.1) is 0 Å². The fraction of sp³-hybridized carbons (Fsp3) is 0.333. The number of aromatic nitrogens is 3. The molecule has 3 heterocycles. The predicted molar refractivity (Wildman–Crippen MR) is 121 cm³/mol. The molecule has 0 amide bonds. The van der Waals surface area contributed by atoms with Crippen LogP contribution in [0.1, 0.15) is 47.5 Å². The Kier molecular flexibility index (Phi) is 6.55. The van der Waals surface area contributed by atoms with Crippen molar-refractivity contribution in [3.8, 4) is 11.3 Å². The molecule has 1 aromatic carbocycles. The summed E-state index contributed by atoms with van der Waals surface area (Å²) in [7, 11) is 0. The first-order valence-electron chi connectivity index (χ1n) is 10.7. The minimum absolute atomic E-state index is 0.0503. The number of hydrogen-bond acceptors (Lipinski definition) is 8. The van der Waals surface area contributed by atoms with Gasteiger partial charge < -0.3 is 21.3 Å². The standard InChI is InChI=1S/C24H27N5O3/c1-2-20-23(31)17(25)11-21(32-20)16-8-9-27-12-15(16)10-19(30)22-24(26)28-13-18(29-22)14-6-4-3-5-7-14/h3-9,12-13,17,20-21,23,31H,2,10-11,25H2,1H3,(H2,26,28)/t17-,20-,21-,23+/m1/s1. The molecule has 32 heavy (non-hydrogen) atoms. The number of carbonyl (C=O) groups is 1. The molecule has 0 bridgehead atoms. The Bertz CT molecular complexity index is 1090. The zero-order valence-electron chi connectivity index (χ0n) is 17.9. The number of carbonyl (C=O) groups excluding carboxylic acids is 1. The summed E-state index contributed by atoms with van der Waals surface area (Å²) >= 11 is 0. The average Bonchev–Trinajstić information content (AvgIpc) is 2.82. The number of nitrogen functional groups attached to an aromatic ring is 1. The maximum Gasteiger partial charge on any atom is 0.189 e. The van der Waals surface area contributed by atoms with Crippen molar-refractivity contribution in [3.63, 3.8) is 0 Å². The van der Waals surface area contributed by atoms with E-state index in [4.69, 9.17) is 16.2 Å². The second kappa shape index (κ2) is 9.52. The van der Waals surface area contributed by atoms with Crippen molar-refractivity contribution in [1.29, 1.82) is 0 Å². The molecule has 166 valence electrons. The number of anilines is 1. The molecule has 1 saturated heterocycles. The van der Waals surface area contributed by atoms with E-state index in [0.717, 1.165) is 11.1 Å². The third-order valence-corrected chi connectivity index (χ3v) is 5.82. The Morgan fingerprint density at radius 3 is 2.75 bits per heavy atom. The van der Waals surface area contributed by atoms with Crippen molar-refractivity contribution in [2.24, 2.45) is 5.73 Å². The van der Waals surface area contributed by atoms with Crippen LogP contribution in [0.25, 0.3) is 11.3 Å². The third-order valence-electron chi connectivity index (χ3n) is 5.82. The highest BCUT2D eigenvalue weighted by Crippen LogP contribution is 2.34. The van der Waals surface area contributed by atoms with E-state index in [0.29, 0.717) is 24.1 Å². The molecule has 8 heteroatoms. The normalized spacial score (nSPS) is 23.1. The van der Waals surface area contributed by atoms with E-state index in [2.05, 4.69) is 15.0 Å². The van der Waals surface area contributed by atoms with Gasteiger partial charge in [0, 0.05) is 30.4 Å². The van der Waals surface area contributed by atoms with E-state index in [-0.39, 0.29) is 35.9 Å². The van der Waals surface area contributed by atoms with Gasteiger partial charge in [-0.15, -0.1) is 0 Å². The van der Waals surface area contributed by atoms with Crippen LogP contribution in [0.2, 0.25) is 0 Å². The fourth-order valence-corrected chi connectivity index (χ4v) is 4.06. The van der Waals surface area contributed by atoms with Crippen molar-refractivity contribution >= 4 is 11.6 Å². The first kappa shape index (κ1) is 22.0. The lowest BCUT2D eigenvalue weighted by molar-refractivity contribution is -0.129. The van der Waals surface area contributed by atoms with Crippen molar-refractivity contribution in [3.05, 3.63) is 71.8 Å². The molecule has 4 atom stereocenters. The van der Waals surface area contributed by atoms with Crippen LogP contribution < -0.4 is 11.5 Å². The summed E-state index contributed by atoms with van der Waals surface area (Å²) in [6, 6.07) is 10.9. The van der Waals surface area contributed by atoms with Crippen LogP contribution >= 0.6 is 0 Å². The highest BCUT2D eigenvalue weighted by molar-refractivity contribution is 5.99. The number of hydrogen-bond donors (Lipinski definition) is 3. The Hall–Kier alpha value is -3.20. The number of ketones is 1. The van der Waals surface area contributed by atoms with Gasteiger partial charge >= 0.3 is 0 Å². The number of pyridine rings is 1. The Morgan fingerprint density at radius 1 is 1.22 bits per heavy atom. The second-order valence-electron chi connectivity index (χ2n) is 7.99. The van der Waals surface area contributed by atoms with Crippen molar-refractivity contribution < 1.29 is 14.6 Å². The first-order valence-corrected chi connectivity index (χ1v) is 10.7. The molecule has 0 radical (unpaired) electrons. The lowest BCUT2D eigenvalue weighted by Crippen LogP contribution is -2.49. The van der Waals surface area contributed by atoms with Crippen LogP contribution in [0.3, 0.4) is 0 Å². The Labute approximate surface area is 186 Å². The molecule has 3 aromatic rings. The molecule has 0 saturated carbocycles. The van der Waals surface area contributed by atoms with E-state index in [9.17, 15) is 9.90 Å². The lowest BCUT2D eigenvalue weighted by Gasteiger charge is -2.38. The molecule has 0 spiro atoms. The van der Waals surface area contributed by atoms with Gasteiger partial charge in [0.05, 0.1) is 30.2 Å². The SMILES string of the molecule is CC[C@H]1O[C@@H](c2ccncc2CC(=O)c2nc(-c3ccccc3)cnc2N)C[C@@H](N)[C@@H]1O. The Morgan fingerprint density at radius 2 is 2.00 bits per heavy atom. The summed E-state index contributed by atoms with van der Waals surface area (Å²) in [5, 5.41) is 10.3. The van der Waals surface area contributed by atoms with Gasteiger partial charge in [0.2, 0.25) is 0 Å². The smallest absolute Gasteiger partial charge is 0.189 e. The number of ether oxygens (including phenoxy) is 1. The minimum Gasteiger partial charge on any atom is -0.389 e. The zero-order chi connectivity index (χ0) is 22.7. The largest absolute Gasteiger partial charge is 0.389 e. The van der Waals surface area contributed by atoms with Crippen molar-refractivity contribution in [2.75, 3.05) is 5.73 Å². The number of benzene rings is 1. The van der Waals surface area contributed by atoms with Gasteiger partial charge in [0.15, 0.2) is 11.6 Å². The first-order chi connectivity index (χ1) is 15.5. The topological polar surface area (TPSA) is 137 Å². The highest BCUT2D eigenvalue weighted by atomic mass is 16.5. The summed E-state index contributed by atoms with van der Waals surface area (Å²) in [5.41, 5.74) is 15.3. The van der Waals surface area contributed by atoms with Gasteiger partial charge in [-0.3, -0.25) is 9.78 Å². The number of Topliss-reactive ketones (excluding diaryl/α,β-unsaturated/α-hetero) is 1. The fourth-order valence-electron chi connectivity index (χ4n) is 4.06. The summed E-state index contributed by atoms with van der Waals surface area (Å²) in [6.45, 7) is 1.95. The molecule has 2 aromatic heterocycles. The Balaban J connectivity index is 1.60. The summed E-state index contributed by atoms with van der Waals surface area (Å²) in [6.07, 6.45) is 4.62. The molecule has 1 aliphatic rings. The summed E-state index contributed by atoms with van der Waals surface area (Å²) in [4.78, 5) is 26.0. The predicted octanol–water partition coefficient (Wildman–Crippen LogP) is 2.47. The molecule has 4 rings (SSSR count). The van der Waals surface area contributed by atoms with Crippen LogP contribution in [-0.2, 0) is 11.2 Å². The number of nitrogens with zero attached hydrogens (tertiary/aromatic N) is 3. The molecule has 0 unspecified atom stereocenters. The van der Waals surface area contributed by atoms with Gasteiger partial charge in [0.1, 0.15) is 5.69 Å². The molecular weight excluding hydrogens is 406 g/mol. The number of nitrogens with two attached hydrogens (primary N) is 2. The molecule has 5 N–H and O–H groups in total. The quantitative estimate of drug-likeness (QED) is 0.504. The van der Waals surface area contributed by atoms with Gasteiger partial charge in [-0.05, 0) is 30.0 Å². The van der Waals surface area contributed by atoms with E-state index in [1.165, 1.54) is 0 Å². The van der Waals surface area contributed by atoms with Crippen LogP contribution in [0.15, 0.2) is 55.0 Å². The maximum atomic E-state index is 13.2. The van der Waals surface area contributed by atoms with Crippen molar-refractivity contribution in [2.45, 2.75) is 50.5 Å². The van der Waals surface area contributed by atoms with Gasteiger partial charge in [0.25, 0.3) is 0 Å². The van der Waals surface area contributed by atoms with Crippen LogP contribution in [0.4, 0.5) is 5.82 Å². The molecular formula is C24H27N5O3.